The lowest BCUT2D eigenvalue weighted by Gasteiger charge is -2.07. The van der Waals surface area contributed by atoms with Crippen LogP contribution in [0.25, 0.3) is 0 Å². The van der Waals surface area contributed by atoms with Gasteiger partial charge in [0.25, 0.3) is 0 Å². The van der Waals surface area contributed by atoms with Gasteiger partial charge in [-0.3, -0.25) is 4.99 Å². The predicted octanol–water partition coefficient (Wildman–Crippen LogP) is 6.57. The summed E-state index contributed by atoms with van der Waals surface area (Å²) in [5.41, 5.74) is 2.08. The smallest absolute Gasteiger partial charge is 0.119 e. The van der Waals surface area contributed by atoms with Crippen LogP contribution in [0.4, 0.5) is 0 Å². The zero-order valence-electron chi connectivity index (χ0n) is 14.0. The average Bonchev–Trinajstić information content (AvgIpc) is 2.60. The lowest BCUT2D eigenvalue weighted by atomic mass is 10.2. The molecule has 0 atom stereocenters. The fourth-order valence-corrected chi connectivity index (χ4v) is 2.57. The van der Waals surface area contributed by atoms with Crippen molar-refractivity contribution in [3.63, 3.8) is 0 Å². The van der Waals surface area contributed by atoms with Crippen LogP contribution in [0, 0.1) is 0 Å². The van der Waals surface area contributed by atoms with Crippen molar-refractivity contribution in [2.75, 3.05) is 6.54 Å². The highest BCUT2D eigenvalue weighted by Gasteiger charge is 2.01. The number of hydrogen-bond acceptors (Lipinski definition) is 2. The van der Waals surface area contributed by atoms with E-state index >= 15 is 0 Å². The Labute approximate surface area is 154 Å². The number of benzene rings is 2. The quantitative estimate of drug-likeness (QED) is 0.364. The molecule has 2 nitrogen and oxygen atoms in total. The maximum Gasteiger partial charge on any atom is 0.119 e. The highest BCUT2D eigenvalue weighted by atomic mass is 35.5. The first-order chi connectivity index (χ1) is 11.7. The van der Waals surface area contributed by atoms with E-state index in [1.165, 1.54) is 19.3 Å². The number of ether oxygens (including phenoxy) is 1. The molecule has 128 valence electrons. The van der Waals surface area contributed by atoms with E-state index in [1.54, 1.807) is 6.07 Å². The van der Waals surface area contributed by atoms with E-state index in [1.807, 2.05) is 42.6 Å². The second-order valence-electron chi connectivity index (χ2n) is 5.70. The fraction of sp³-hybridized carbons (Fsp3) is 0.350. The van der Waals surface area contributed by atoms with Crippen LogP contribution in [0.2, 0.25) is 10.0 Å². The van der Waals surface area contributed by atoms with Gasteiger partial charge in [0.1, 0.15) is 12.4 Å². The molecular formula is C20H23Cl2NO. The van der Waals surface area contributed by atoms with Crippen molar-refractivity contribution in [3.05, 3.63) is 63.6 Å². The maximum atomic E-state index is 6.00. The molecule has 0 saturated carbocycles. The molecule has 0 aromatic heterocycles. The van der Waals surface area contributed by atoms with Crippen LogP contribution in [0.3, 0.4) is 0 Å². The molecule has 0 aliphatic rings. The second-order valence-corrected chi connectivity index (χ2v) is 6.52. The molecule has 0 fully saturated rings. The molecule has 0 spiro atoms. The van der Waals surface area contributed by atoms with Crippen LogP contribution in [-0.2, 0) is 6.61 Å². The van der Waals surface area contributed by atoms with Crippen molar-refractivity contribution in [3.8, 4) is 5.75 Å². The molecule has 0 bridgehead atoms. The fourth-order valence-electron chi connectivity index (χ4n) is 2.25. The molecule has 0 N–H and O–H groups in total. The van der Waals surface area contributed by atoms with E-state index in [-0.39, 0.29) is 0 Å². The number of halogens is 2. The zero-order chi connectivity index (χ0) is 17.2. The van der Waals surface area contributed by atoms with Crippen LogP contribution >= 0.6 is 23.2 Å². The summed E-state index contributed by atoms with van der Waals surface area (Å²) in [5.74, 6) is 0.821. The van der Waals surface area contributed by atoms with Crippen molar-refractivity contribution < 1.29 is 4.74 Å². The summed E-state index contributed by atoms with van der Waals surface area (Å²) >= 11 is 11.9. The maximum absolute atomic E-state index is 6.00. The van der Waals surface area contributed by atoms with Gasteiger partial charge in [-0.05, 0) is 53.9 Å². The Balaban J connectivity index is 1.79. The molecule has 0 aliphatic heterocycles. The molecule has 2 rings (SSSR count). The summed E-state index contributed by atoms with van der Waals surface area (Å²) in [6.07, 6.45) is 6.90. The Morgan fingerprint density at radius 3 is 2.46 bits per heavy atom. The normalized spacial score (nSPS) is 11.1. The number of unbranched alkanes of at least 4 members (excludes halogenated alkanes) is 3. The van der Waals surface area contributed by atoms with Gasteiger partial charge in [0.2, 0.25) is 0 Å². The molecule has 4 heteroatoms. The molecule has 0 amide bonds. The number of rotatable bonds is 9. The van der Waals surface area contributed by atoms with Gasteiger partial charge in [-0.2, -0.15) is 0 Å². The second kappa shape index (κ2) is 10.4. The molecule has 0 unspecified atom stereocenters. The van der Waals surface area contributed by atoms with Gasteiger partial charge in [-0.1, -0.05) is 55.5 Å². The van der Waals surface area contributed by atoms with E-state index in [0.717, 1.165) is 29.8 Å². The standard InChI is InChI=1S/C20H23Cl2NO/c1-2-3-4-5-12-23-14-16-6-9-18(10-7-16)24-15-17-8-11-19(21)20(22)13-17/h6-11,13-14H,2-5,12,15H2,1H3. The third-order valence-corrected chi connectivity index (χ3v) is 4.39. The van der Waals surface area contributed by atoms with Crippen LogP contribution < -0.4 is 4.74 Å². The monoisotopic (exact) mass is 363 g/mol. The largest absolute Gasteiger partial charge is 0.489 e. The van der Waals surface area contributed by atoms with Crippen LogP contribution in [0.5, 0.6) is 5.75 Å². The lowest BCUT2D eigenvalue weighted by Crippen LogP contribution is -1.95. The topological polar surface area (TPSA) is 21.6 Å². The summed E-state index contributed by atoms with van der Waals surface area (Å²) in [4.78, 5) is 4.46. The summed E-state index contributed by atoms with van der Waals surface area (Å²) in [6.45, 7) is 3.58. The molecule has 24 heavy (non-hydrogen) atoms. The summed E-state index contributed by atoms with van der Waals surface area (Å²) < 4.78 is 5.77. The Kier molecular flexibility index (Phi) is 8.14. The van der Waals surface area contributed by atoms with Crippen molar-refractivity contribution in [2.45, 2.75) is 39.2 Å². The van der Waals surface area contributed by atoms with E-state index in [4.69, 9.17) is 27.9 Å². The average molecular weight is 364 g/mol. The van der Waals surface area contributed by atoms with E-state index in [9.17, 15) is 0 Å². The third-order valence-electron chi connectivity index (χ3n) is 3.65. The van der Waals surface area contributed by atoms with Crippen LogP contribution in [0.1, 0.15) is 43.7 Å². The van der Waals surface area contributed by atoms with Crippen LogP contribution in [-0.4, -0.2) is 12.8 Å². The van der Waals surface area contributed by atoms with Crippen molar-refractivity contribution in [2.24, 2.45) is 4.99 Å². The Bertz CT molecular complexity index is 653. The first kappa shape index (κ1) is 18.8. The lowest BCUT2D eigenvalue weighted by molar-refractivity contribution is 0.306. The van der Waals surface area contributed by atoms with E-state index in [2.05, 4.69) is 11.9 Å². The third kappa shape index (κ3) is 6.54. The van der Waals surface area contributed by atoms with Crippen molar-refractivity contribution >= 4 is 29.4 Å². The molecule has 2 aromatic carbocycles. The molecule has 2 aromatic rings. The van der Waals surface area contributed by atoms with E-state index in [0.29, 0.717) is 16.7 Å². The first-order valence-electron chi connectivity index (χ1n) is 8.35. The van der Waals surface area contributed by atoms with Crippen molar-refractivity contribution in [1.29, 1.82) is 0 Å². The molecule has 0 saturated heterocycles. The Morgan fingerprint density at radius 2 is 1.75 bits per heavy atom. The molecular weight excluding hydrogens is 341 g/mol. The SMILES string of the molecule is CCCCCCN=Cc1ccc(OCc2ccc(Cl)c(Cl)c2)cc1. The zero-order valence-corrected chi connectivity index (χ0v) is 15.5. The van der Waals surface area contributed by atoms with Gasteiger partial charge in [0.05, 0.1) is 10.0 Å². The minimum absolute atomic E-state index is 0.460. The predicted molar refractivity (Wildman–Crippen MR) is 104 cm³/mol. The number of nitrogens with zero attached hydrogens (tertiary/aromatic N) is 1. The van der Waals surface area contributed by atoms with Gasteiger partial charge in [-0.15, -0.1) is 0 Å². The molecule has 0 aliphatic carbocycles. The van der Waals surface area contributed by atoms with Crippen molar-refractivity contribution in [1.82, 2.24) is 0 Å². The number of aliphatic imine (C=N–C) groups is 1. The highest BCUT2D eigenvalue weighted by Crippen LogP contribution is 2.23. The van der Waals surface area contributed by atoms with Gasteiger partial charge in [-0.25, -0.2) is 0 Å². The summed E-state index contributed by atoms with van der Waals surface area (Å²) in [5, 5.41) is 1.10. The minimum Gasteiger partial charge on any atom is -0.489 e. The highest BCUT2D eigenvalue weighted by molar-refractivity contribution is 6.42. The van der Waals surface area contributed by atoms with Gasteiger partial charge >= 0.3 is 0 Å². The van der Waals surface area contributed by atoms with Gasteiger partial charge in [0, 0.05) is 12.8 Å². The van der Waals surface area contributed by atoms with Crippen LogP contribution in [0.15, 0.2) is 47.5 Å². The van der Waals surface area contributed by atoms with E-state index < -0.39 is 0 Å². The van der Waals surface area contributed by atoms with Gasteiger partial charge < -0.3 is 4.74 Å². The Morgan fingerprint density at radius 1 is 0.958 bits per heavy atom. The summed E-state index contributed by atoms with van der Waals surface area (Å²) in [7, 11) is 0. The minimum atomic E-state index is 0.460. The Hall–Kier alpha value is -1.51. The molecule has 0 radical (unpaired) electrons. The molecule has 0 heterocycles. The summed E-state index contributed by atoms with van der Waals surface area (Å²) in [6, 6.07) is 13.4. The van der Waals surface area contributed by atoms with Gasteiger partial charge in [0.15, 0.2) is 0 Å². The number of hydrogen-bond donors (Lipinski definition) is 0. The first-order valence-corrected chi connectivity index (χ1v) is 9.11.